The fraction of sp³-hybridized carbons (Fsp3) is 0.333. The summed E-state index contributed by atoms with van der Waals surface area (Å²) in [6, 6.07) is 20.6. The molecule has 0 saturated carbocycles. The summed E-state index contributed by atoms with van der Waals surface area (Å²) in [4.78, 5) is 29.3. The summed E-state index contributed by atoms with van der Waals surface area (Å²) in [6.45, 7) is 4.87. The van der Waals surface area contributed by atoms with E-state index in [2.05, 4.69) is 21.2 Å². The van der Waals surface area contributed by atoms with Crippen molar-refractivity contribution in [1.82, 2.24) is 10.2 Å². The van der Waals surface area contributed by atoms with E-state index in [1.54, 1.807) is 18.2 Å². The van der Waals surface area contributed by atoms with Gasteiger partial charge >= 0.3 is 0 Å². The second-order valence-electron chi connectivity index (χ2n) is 9.97. The number of hydrogen-bond acceptors (Lipinski definition) is 6. The lowest BCUT2D eigenvalue weighted by atomic mass is 10.0. The molecule has 0 aliphatic carbocycles. The Bertz CT molecular complexity index is 1480. The highest BCUT2D eigenvalue weighted by atomic mass is 79.9. The van der Waals surface area contributed by atoms with Crippen molar-refractivity contribution in [1.29, 1.82) is 0 Å². The predicted molar refractivity (Wildman–Crippen MR) is 161 cm³/mol. The van der Waals surface area contributed by atoms with Crippen molar-refractivity contribution in [2.75, 3.05) is 23.4 Å². The molecule has 0 spiro atoms. The summed E-state index contributed by atoms with van der Waals surface area (Å²) in [5, 5.41) is 2.95. The Morgan fingerprint density at radius 3 is 2.34 bits per heavy atom. The van der Waals surface area contributed by atoms with Gasteiger partial charge in [0.15, 0.2) is 11.5 Å². The number of carbonyl (C=O) groups is 2. The number of halogens is 1. The first-order chi connectivity index (χ1) is 19.6. The molecule has 0 bridgehead atoms. The molecule has 4 rings (SSSR count). The van der Waals surface area contributed by atoms with Crippen molar-refractivity contribution >= 4 is 43.5 Å². The van der Waals surface area contributed by atoms with E-state index in [1.165, 1.54) is 11.8 Å². The summed E-state index contributed by atoms with van der Waals surface area (Å²) < 4.78 is 39.3. The van der Waals surface area contributed by atoms with Crippen LogP contribution >= 0.6 is 15.9 Å². The van der Waals surface area contributed by atoms with Crippen LogP contribution in [0.4, 0.5) is 5.69 Å². The molecule has 1 aliphatic rings. The van der Waals surface area contributed by atoms with Crippen LogP contribution in [0, 0.1) is 0 Å². The molecule has 1 atom stereocenters. The normalized spacial score (nSPS) is 13.1. The van der Waals surface area contributed by atoms with Gasteiger partial charge in [0, 0.05) is 29.5 Å². The molecule has 0 aromatic heterocycles. The van der Waals surface area contributed by atoms with E-state index in [9.17, 15) is 18.0 Å². The fourth-order valence-corrected chi connectivity index (χ4v) is 6.03. The molecule has 1 heterocycles. The third-order valence-corrected chi connectivity index (χ3v) is 8.80. The Hall–Kier alpha value is -3.57. The first kappa shape index (κ1) is 30.4. The van der Waals surface area contributed by atoms with Crippen molar-refractivity contribution < 1.29 is 27.5 Å². The number of fused-ring (bicyclic) bond motifs is 1. The fourth-order valence-electron chi connectivity index (χ4n) is 4.53. The van der Waals surface area contributed by atoms with Crippen LogP contribution in [0.5, 0.6) is 11.5 Å². The summed E-state index contributed by atoms with van der Waals surface area (Å²) >= 11 is 3.48. The summed E-state index contributed by atoms with van der Waals surface area (Å²) in [7, 11) is -3.88. The van der Waals surface area contributed by atoms with Gasteiger partial charge in [-0.05, 0) is 56.2 Å². The smallest absolute Gasteiger partial charge is 0.244 e. The topological polar surface area (TPSA) is 105 Å². The molecule has 2 amide bonds. The van der Waals surface area contributed by atoms with Crippen molar-refractivity contribution in [3.63, 3.8) is 0 Å². The third kappa shape index (κ3) is 7.80. The zero-order chi connectivity index (χ0) is 29.6. The quantitative estimate of drug-likeness (QED) is 0.312. The molecule has 41 heavy (non-hydrogen) atoms. The van der Waals surface area contributed by atoms with Crippen molar-refractivity contribution in [2.45, 2.75) is 45.8 Å². The Kier molecular flexibility index (Phi) is 9.93. The number of nitrogens with zero attached hydrogens (tertiary/aromatic N) is 2. The van der Waals surface area contributed by atoms with Gasteiger partial charge in [-0.3, -0.25) is 13.9 Å². The number of rotatable bonds is 12. The Labute approximate surface area is 249 Å². The SMILES string of the molecule is CCS(=O)(=O)N(CC(=O)N(Cc1cccc(Br)c1)[C@@H](Cc1ccccc1)C(=O)NC(C)C)c1ccc2c(c1)OCO2. The highest BCUT2D eigenvalue weighted by Gasteiger charge is 2.34. The van der Waals surface area contributed by atoms with Crippen molar-refractivity contribution in [3.8, 4) is 11.5 Å². The van der Waals surface area contributed by atoms with E-state index in [1.807, 2.05) is 68.4 Å². The van der Waals surface area contributed by atoms with Crippen LogP contribution in [0.25, 0.3) is 0 Å². The minimum atomic E-state index is -3.88. The maximum Gasteiger partial charge on any atom is 0.244 e. The molecule has 218 valence electrons. The van der Waals surface area contributed by atoms with Crippen LogP contribution < -0.4 is 19.1 Å². The van der Waals surface area contributed by atoms with E-state index in [0.29, 0.717) is 11.5 Å². The molecule has 0 saturated heterocycles. The van der Waals surface area contributed by atoms with Gasteiger partial charge in [-0.1, -0.05) is 58.4 Å². The molecule has 0 radical (unpaired) electrons. The number of sulfonamides is 1. The maximum absolute atomic E-state index is 14.2. The molecule has 11 heteroatoms. The van der Waals surface area contributed by atoms with Gasteiger partial charge in [0.05, 0.1) is 11.4 Å². The highest BCUT2D eigenvalue weighted by molar-refractivity contribution is 9.10. The minimum absolute atomic E-state index is 0.0325. The average molecular weight is 645 g/mol. The van der Waals surface area contributed by atoms with Gasteiger partial charge in [0.25, 0.3) is 0 Å². The number of anilines is 1. The molecule has 0 unspecified atom stereocenters. The average Bonchev–Trinajstić information content (AvgIpc) is 3.41. The van der Waals surface area contributed by atoms with Crippen LogP contribution in [0.2, 0.25) is 0 Å². The van der Waals surface area contributed by atoms with Crippen LogP contribution in [0.15, 0.2) is 77.3 Å². The van der Waals surface area contributed by atoms with E-state index in [-0.39, 0.29) is 43.1 Å². The van der Waals surface area contributed by atoms with E-state index in [4.69, 9.17) is 9.47 Å². The van der Waals surface area contributed by atoms with E-state index in [0.717, 1.165) is 19.9 Å². The first-order valence-corrected chi connectivity index (χ1v) is 15.8. The summed E-state index contributed by atoms with van der Waals surface area (Å²) in [5.74, 6) is -0.157. The summed E-state index contributed by atoms with van der Waals surface area (Å²) in [6.07, 6.45) is 0.254. The third-order valence-electron chi connectivity index (χ3n) is 6.57. The molecule has 0 fully saturated rings. The Morgan fingerprint density at radius 2 is 1.66 bits per heavy atom. The first-order valence-electron chi connectivity index (χ1n) is 13.4. The minimum Gasteiger partial charge on any atom is -0.454 e. The number of benzene rings is 3. The molecule has 9 nitrogen and oxygen atoms in total. The van der Waals surface area contributed by atoms with Crippen molar-refractivity contribution in [2.24, 2.45) is 0 Å². The predicted octanol–water partition coefficient (Wildman–Crippen LogP) is 4.50. The maximum atomic E-state index is 14.2. The standard InChI is InChI=1S/C30H34BrN3O6S/c1-4-41(37,38)34(25-13-14-27-28(17-25)40-20-39-27)19-29(35)33(18-23-11-8-12-24(31)15-23)26(30(36)32-21(2)3)16-22-9-6-5-7-10-22/h5-15,17,21,26H,4,16,18-20H2,1-3H3,(H,32,36)/t26-/m0/s1. The van der Waals surface area contributed by atoms with Gasteiger partial charge in [0.1, 0.15) is 12.6 Å². The lowest BCUT2D eigenvalue weighted by molar-refractivity contribution is -0.140. The number of nitrogens with one attached hydrogen (secondary N) is 1. The molecule has 1 N–H and O–H groups in total. The lowest BCUT2D eigenvalue weighted by Crippen LogP contribution is -2.54. The van der Waals surface area contributed by atoms with E-state index >= 15 is 0 Å². The second kappa shape index (κ2) is 13.4. The van der Waals surface area contributed by atoms with Crippen LogP contribution in [-0.4, -0.2) is 56.3 Å². The Balaban J connectivity index is 1.75. The molecular weight excluding hydrogens is 610 g/mol. The van der Waals surface area contributed by atoms with Crippen molar-refractivity contribution in [3.05, 3.63) is 88.4 Å². The lowest BCUT2D eigenvalue weighted by Gasteiger charge is -2.34. The number of amides is 2. The van der Waals surface area contributed by atoms with Crippen LogP contribution in [0.1, 0.15) is 31.9 Å². The largest absolute Gasteiger partial charge is 0.454 e. The number of ether oxygens (including phenoxy) is 2. The van der Waals surface area contributed by atoms with Crippen LogP contribution in [0.3, 0.4) is 0 Å². The molecular formula is C30H34BrN3O6S. The zero-order valence-electron chi connectivity index (χ0n) is 23.2. The van der Waals surface area contributed by atoms with Gasteiger partial charge in [-0.2, -0.15) is 0 Å². The van der Waals surface area contributed by atoms with Crippen LogP contribution in [-0.2, 0) is 32.6 Å². The van der Waals surface area contributed by atoms with Gasteiger partial charge in [0.2, 0.25) is 28.6 Å². The number of carbonyl (C=O) groups excluding carboxylic acids is 2. The monoisotopic (exact) mass is 643 g/mol. The van der Waals surface area contributed by atoms with Gasteiger partial charge in [-0.15, -0.1) is 0 Å². The second-order valence-corrected chi connectivity index (χ2v) is 13.1. The molecule has 3 aromatic carbocycles. The summed E-state index contributed by atoms with van der Waals surface area (Å²) in [5.41, 5.74) is 1.94. The van der Waals surface area contributed by atoms with E-state index < -0.39 is 28.5 Å². The number of hydrogen-bond donors (Lipinski definition) is 1. The molecule has 3 aromatic rings. The molecule has 1 aliphatic heterocycles. The zero-order valence-corrected chi connectivity index (χ0v) is 25.7. The van der Waals surface area contributed by atoms with Gasteiger partial charge < -0.3 is 19.7 Å². The van der Waals surface area contributed by atoms with Gasteiger partial charge in [-0.25, -0.2) is 8.42 Å². The Morgan fingerprint density at radius 1 is 0.951 bits per heavy atom. The highest BCUT2D eigenvalue weighted by Crippen LogP contribution is 2.36.